The quantitative estimate of drug-likeness (QED) is 0.911. The van der Waals surface area contributed by atoms with Gasteiger partial charge in [-0.1, -0.05) is 27.7 Å². The molecule has 0 bridgehead atoms. The topological polar surface area (TPSA) is 38.3 Å². The molecule has 1 aromatic rings. The van der Waals surface area contributed by atoms with Crippen molar-refractivity contribution in [3.05, 3.63) is 28.2 Å². The molecule has 0 aliphatic carbocycles. The summed E-state index contributed by atoms with van der Waals surface area (Å²) in [6.45, 7) is 9.34. The number of rotatable bonds is 4. The summed E-state index contributed by atoms with van der Waals surface area (Å²) in [6, 6.07) is 5.32. The van der Waals surface area contributed by atoms with Crippen LogP contribution in [-0.4, -0.2) is 19.6 Å². The van der Waals surface area contributed by atoms with Crippen molar-refractivity contribution >= 4 is 21.8 Å². The number of hydrogen-bond donors (Lipinski definition) is 1. The highest BCUT2D eigenvalue weighted by Gasteiger charge is 2.20. The van der Waals surface area contributed by atoms with Crippen LogP contribution >= 0.6 is 15.9 Å². The Morgan fingerprint density at radius 2 is 2.05 bits per heavy atom. The van der Waals surface area contributed by atoms with Gasteiger partial charge in [0.25, 0.3) is 5.91 Å². The Morgan fingerprint density at radius 3 is 2.53 bits per heavy atom. The van der Waals surface area contributed by atoms with Crippen LogP contribution in [0, 0.1) is 11.3 Å². The minimum absolute atomic E-state index is 0.0561. The van der Waals surface area contributed by atoms with Gasteiger partial charge in [-0.25, -0.2) is 0 Å². The second-order valence-corrected chi connectivity index (χ2v) is 6.68. The van der Waals surface area contributed by atoms with Crippen LogP contribution in [0.1, 0.15) is 38.1 Å². The number of carbonyl (C=O) groups excluding carboxylic acids is 1. The van der Waals surface area contributed by atoms with Gasteiger partial charge in [0.2, 0.25) is 0 Å². The number of carbonyl (C=O) groups is 1. The first-order chi connectivity index (χ1) is 8.75. The van der Waals surface area contributed by atoms with E-state index in [1.54, 1.807) is 25.3 Å². The van der Waals surface area contributed by atoms with Gasteiger partial charge in [-0.05, 0) is 45.5 Å². The predicted molar refractivity (Wildman–Crippen MR) is 81.6 cm³/mol. The minimum Gasteiger partial charge on any atom is -0.496 e. The Balaban J connectivity index is 2.67. The van der Waals surface area contributed by atoms with E-state index in [1.807, 2.05) is 0 Å². The summed E-state index contributed by atoms with van der Waals surface area (Å²) in [5.41, 5.74) is 0.821. The molecule has 1 amide bonds. The lowest BCUT2D eigenvalue weighted by molar-refractivity contribution is 0.0937. The Morgan fingerprint density at radius 1 is 1.42 bits per heavy atom. The summed E-state index contributed by atoms with van der Waals surface area (Å²) in [5.74, 6) is 1.08. The number of hydrogen-bond acceptors (Lipinski definition) is 2. The highest BCUT2D eigenvalue weighted by molar-refractivity contribution is 9.10. The summed E-state index contributed by atoms with van der Waals surface area (Å²) < 4.78 is 5.93. The van der Waals surface area contributed by atoms with Crippen molar-refractivity contribution in [2.24, 2.45) is 11.3 Å². The SMILES string of the molecule is COc1ccc(C(=O)NCC(C)C(C)(C)C)cc1Br. The van der Waals surface area contributed by atoms with Gasteiger partial charge in [0.05, 0.1) is 11.6 Å². The van der Waals surface area contributed by atoms with Crippen molar-refractivity contribution in [2.45, 2.75) is 27.7 Å². The highest BCUT2D eigenvalue weighted by Crippen LogP contribution is 2.26. The molecular formula is C15H22BrNO2. The Kier molecular flexibility index (Phi) is 5.41. The molecule has 0 aromatic heterocycles. The van der Waals surface area contributed by atoms with Gasteiger partial charge in [-0.3, -0.25) is 4.79 Å². The van der Waals surface area contributed by atoms with E-state index in [-0.39, 0.29) is 11.3 Å². The lowest BCUT2D eigenvalue weighted by atomic mass is 9.82. The summed E-state index contributed by atoms with van der Waals surface area (Å²) in [5, 5.41) is 2.97. The molecule has 0 spiro atoms. The summed E-state index contributed by atoms with van der Waals surface area (Å²) in [7, 11) is 1.60. The molecule has 3 nitrogen and oxygen atoms in total. The van der Waals surface area contributed by atoms with Gasteiger partial charge in [-0.15, -0.1) is 0 Å². The fourth-order valence-corrected chi connectivity index (χ4v) is 2.00. The maximum atomic E-state index is 12.1. The molecule has 0 saturated carbocycles. The van der Waals surface area contributed by atoms with Gasteiger partial charge in [0.15, 0.2) is 0 Å². The molecule has 106 valence electrons. The van der Waals surface area contributed by atoms with Gasteiger partial charge in [0, 0.05) is 12.1 Å². The Bertz CT molecular complexity index is 452. The van der Waals surface area contributed by atoms with Gasteiger partial charge >= 0.3 is 0 Å². The molecule has 0 saturated heterocycles. The highest BCUT2D eigenvalue weighted by atomic mass is 79.9. The van der Waals surface area contributed by atoms with Crippen LogP contribution in [0.15, 0.2) is 22.7 Å². The second kappa shape index (κ2) is 6.42. The smallest absolute Gasteiger partial charge is 0.251 e. The largest absolute Gasteiger partial charge is 0.496 e. The Hall–Kier alpha value is -1.03. The van der Waals surface area contributed by atoms with Crippen molar-refractivity contribution < 1.29 is 9.53 Å². The zero-order valence-electron chi connectivity index (χ0n) is 12.2. The fourth-order valence-electron chi connectivity index (χ4n) is 1.46. The molecule has 4 heteroatoms. The summed E-state index contributed by atoms with van der Waals surface area (Å²) in [6.07, 6.45) is 0. The third-order valence-corrected chi connectivity index (χ3v) is 4.08. The number of methoxy groups -OCH3 is 1. The van der Waals surface area contributed by atoms with E-state index >= 15 is 0 Å². The minimum atomic E-state index is -0.0561. The van der Waals surface area contributed by atoms with E-state index in [4.69, 9.17) is 4.74 Å². The van der Waals surface area contributed by atoms with Crippen LogP contribution in [0.5, 0.6) is 5.75 Å². The zero-order chi connectivity index (χ0) is 14.6. The third kappa shape index (κ3) is 4.53. The standard InChI is InChI=1S/C15H22BrNO2/c1-10(15(2,3)4)9-17-14(18)11-6-7-13(19-5)12(16)8-11/h6-8,10H,9H2,1-5H3,(H,17,18). The number of ether oxygens (including phenoxy) is 1. The molecule has 0 heterocycles. The molecule has 1 N–H and O–H groups in total. The van der Waals surface area contributed by atoms with Crippen LogP contribution in [0.25, 0.3) is 0 Å². The van der Waals surface area contributed by atoms with Crippen molar-refractivity contribution in [2.75, 3.05) is 13.7 Å². The zero-order valence-corrected chi connectivity index (χ0v) is 13.8. The first-order valence-electron chi connectivity index (χ1n) is 6.37. The van der Waals surface area contributed by atoms with E-state index in [1.165, 1.54) is 0 Å². The Labute approximate surface area is 123 Å². The molecular weight excluding hydrogens is 306 g/mol. The second-order valence-electron chi connectivity index (χ2n) is 5.83. The number of benzene rings is 1. The van der Waals surface area contributed by atoms with Crippen molar-refractivity contribution in [3.63, 3.8) is 0 Å². The van der Waals surface area contributed by atoms with Gasteiger partial charge in [0.1, 0.15) is 5.75 Å². The van der Waals surface area contributed by atoms with Crippen molar-refractivity contribution in [1.29, 1.82) is 0 Å². The lowest BCUT2D eigenvalue weighted by Crippen LogP contribution is -2.33. The molecule has 1 rings (SSSR count). The lowest BCUT2D eigenvalue weighted by Gasteiger charge is -2.27. The maximum Gasteiger partial charge on any atom is 0.251 e. The molecule has 1 aromatic carbocycles. The normalized spacial score (nSPS) is 12.9. The average molecular weight is 328 g/mol. The third-order valence-electron chi connectivity index (χ3n) is 3.46. The predicted octanol–water partition coefficient (Wildman–Crippen LogP) is 3.87. The molecule has 1 unspecified atom stereocenters. The van der Waals surface area contributed by atoms with Crippen LogP contribution in [0.4, 0.5) is 0 Å². The fraction of sp³-hybridized carbons (Fsp3) is 0.533. The van der Waals surface area contributed by atoms with Gasteiger partial charge in [-0.2, -0.15) is 0 Å². The molecule has 0 aliphatic heterocycles. The van der Waals surface area contributed by atoms with Crippen LogP contribution < -0.4 is 10.1 Å². The first kappa shape index (κ1) is 16.0. The number of nitrogens with one attached hydrogen (secondary N) is 1. The van der Waals surface area contributed by atoms with E-state index in [9.17, 15) is 4.79 Å². The first-order valence-corrected chi connectivity index (χ1v) is 7.16. The van der Waals surface area contributed by atoms with E-state index in [0.717, 1.165) is 10.2 Å². The van der Waals surface area contributed by atoms with Crippen LogP contribution in [0.3, 0.4) is 0 Å². The molecule has 0 radical (unpaired) electrons. The van der Waals surface area contributed by atoms with Crippen molar-refractivity contribution in [3.8, 4) is 5.75 Å². The molecule has 0 fully saturated rings. The van der Waals surface area contributed by atoms with E-state index in [0.29, 0.717) is 18.0 Å². The summed E-state index contributed by atoms with van der Waals surface area (Å²) in [4.78, 5) is 12.1. The average Bonchev–Trinajstić information content (AvgIpc) is 2.34. The molecule has 0 aliphatic rings. The van der Waals surface area contributed by atoms with Crippen LogP contribution in [-0.2, 0) is 0 Å². The number of halogens is 1. The summed E-state index contributed by atoms with van der Waals surface area (Å²) >= 11 is 3.38. The number of amides is 1. The maximum absolute atomic E-state index is 12.1. The van der Waals surface area contributed by atoms with Crippen LogP contribution in [0.2, 0.25) is 0 Å². The van der Waals surface area contributed by atoms with Gasteiger partial charge < -0.3 is 10.1 Å². The molecule has 1 atom stereocenters. The molecule has 19 heavy (non-hydrogen) atoms. The monoisotopic (exact) mass is 327 g/mol. The van der Waals surface area contributed by atoms with E-state index < -0.39 is 0 Å². The van der Waals surface area contributed by atoms with Crippen molar-refractivity contribution in [1.82, 2.24) is 5.32 Å². The van der Waals surface area contributed by atoms with E-state index in [2.05, 4.69) is 48.9 Å².